The van der Waals surface area contributed by atoms with Gasteiger partial charge in [-0.05, 0) is 24.3 Å². The molecule has 0 spiro atoms. The first kappa shape index (κ1) is 15.8. The minimum atomic E-state index is -0.0757. The molecule has 6 heteroatoms. The Morgan fingerprint density at radius 2 is 2.26 bits per heavy atom. The molecular weight excluding hydrogens is 262 g/mol. The van der Waals surface area contributed by atoms with Crippen molar-refractivity contribution < 1.29 is 9.90 Å². The molecule has 5 nitrogen and oxygen atoms in total. The summed E-state index contributed by atoms with van der Waals surface area (Å²) in [4.78, 5) is 17.9. The molecule has 0 fully saturated rings. The van der Waals surface area contributed by atoms with Crippen molar-refractivity contribution in [3.05, 3.63) is 23.9 Å². The first-order valence-electron chi connectivity index (χ1n) is 6.25. The van der Waals surface area contributed by atoms with Crippen molar-refractivity contribution in [2.24, 2.45) is 0 Å². The third kappa shape index (κ3) is 5.94. The molecule has 1 heterocycles. The number of pyridine rings is 1. The van der Waals surface area contributed by atoms with Crippen LogP contribution in [0.15, 0.2) is 18.3 Å². The average Bonchev–Trinajstić information content (AvgIpc) is 2.42. The van der Waals surface area contributed by atoms with Gasteiger partial charge in [-0.2, -0.15) is 11.8 Å². The lowest BCUT2D eigenvalue weighted by molar-refractivity contribution is 0.0956. The second-order valence-electron chi connectivity index (χ2n) is 4.24. The molecule has 1 aromatic heterocycles. The smallest absolute Gasteiger partial charge is 0.251 e. The molecular formula is C13H21N3O2S. The Morgan fingerprint density at radius 3 is 2.95 bits per heavy atom. The zero-order chi connectivity index (χ0) is 14.1. The molecule has 1 rings (SSSR count). The first-order valence-corrected chi connectivity index (χ1v) is 7.41. The first-order chi connectivity index (χ1) is 9.15. The van der Waals surface area contributed by atoms with Gasteiger partial charge in [0.2, 0.25) is 0 Å². The molecule has 106 valence electrons. The number of nitrogens with zero attached hydrogens (tertiary/aromatic N) is 2. The van der Waals surface area contributed by atoms with E-state index in [2.05, 4.69) is 10.3 Å². The Kier molecular flexibility index (Phi) is 7.28. The minimum absolute atomic E-state index is 0.0757. The summed E-state index contributed by atoms with van der Waals surface area (Å²) in [6.45, 7) is 0.859. The maximum Gasteiger partial charge on any atom is 0.251 e. The summed E-state index contributed by atoms with van der Waals surface area (Å²) in [6, 6.07) is 3.48. The number of carbonyl (C=O) groups is 1. The van der Waals surface area contributed by atoms with Crippen molar-refractivity contribution in [1.82, 2.24) is 10.3 Å². The summed E-state index contributed by atoms with van der Waals surface area (Å²) in [5.41, 5.74) is 0.624. The number of anilines is 1. The van der Waals surface area contributed by atoms with Crippen LogP contribution in [0.2, 0.25) is 0 Å². The molecule has 0 aliphatic carbocycles. The molecule has 1 amide bonds. The van der Waals surface area contributed by atoms with Gasteiger partial charge in [0.1, 0.15) is 5.82 Å². The van der Waals surface area contributed by atoms with Gasteiger partial charge in [0.05, 0.1) is 0 Å². The van der Waals surface area contributed by atoms with Gasteiger partial charge in [0, 0.05) is 44.8 Å². The van der Waals surface area contributed by atoms with E-state index in [1.54, 1.807) is 30.1 Å². The van der Waals surface area contributed by atoms with E-state index in [0.717, 1.165) is 23.7 Å². The Balaban J connectivity index is 2.35. The molecule has 1 aromatic rings. The molecule has 0 unspecified atom stereocenters. The lowest BCUT2D eigenvalue weighted by Crippen LogP contribution is -2.26. The van der Waals surface area contributed by atoms with Crippen LogP contribution in [0.25, 0.3) is 0 Å². The van der Waals surface area contributed by atoms with Crippen molar-refractivity contribution in [3.63, 3.8) is 0 Å². The third-order valence-corrected chi connectivity index (χ3v) is 3.51. The second kappa shape index (κ2) is 8.77. The Bertz CT molecular complexity index is 399. The fourth-order valence-corrected chi connectivity index (χ4v) is 2.20. The highest BCUT2D eigenvalue weighted by Crippen LogP contribution is 2.09. The lowest BCUT2D eigenvalue weighted by atomic mass is 10.2. The highest BCUT2D eigenvalue weighted by molar-refractivity contribution is 7.99. The van der Waals surface area contributed by atoms with Crippen LogP contribution >= 0.6 is 11.8 Å². The summed E-state index contributed by atoms with van der Waals surface area (Å²) < 4.78 is 0. The zero-order valence-corrected chi connectivity index (χ0v) is 12.2. The van der Waals surface area contributed by atoms with E-state index in [-0.39, 0.29) is 12.5 Å². The molecule has 0 saturated heterocycles. The topological polar surface area (TPSA) is 65.5 Å². The molecule has 0 aliphatic heterocycles. The Hall–Kier alpha value is -1.27. The summed E-state index contributed by atoms with van der Waals surface area (Å²) >= 11 is 1.73. The van der Waals surface area contributed by atoms with E-state index in [9.17, 15) is 4.79 Å². The van der Waals surface area contributed by atoms with Gasteiger partial charge >= 0.3 is 0 Å². The number of rotatable bonds is 8. The summed E-state index contributed by atoms with van der Waals surface area (Å²) in [5.74, 6) is 2.47. The molecule has 19 heavy (non-hydrogen) atoms. The summed E-state index contributed by atoms with van der Waals surface area (Å²) in [6.07, 6.45) is 2.44. The number of aliphatic hydroxyl groups is 1. The van der Waals surface area contributed by atoms with E-state index in [0.29, 0.717) is 12.1 Å². The van der Waals surface area contributed by atoms with Crippen LogP contribution < -0.4 is 10.2 Å². The highest BCUT2D eigenvalue weighted by Gasteiger charge is 2.06. The molecule has 0 aliphatic rings. The SMILES string of the molecule is CN(C)c1cc(C(=O)NCCSCCCO)ccn1. The normalized spacial score (nSPS) is 10.3. The van der Waals surface area contributed by atoms with Crippen molar-refractivity contribution in [1.29, 1.82) is 0 Å². The van der Waals surface area contributed by atoms with Crippen LogP contribution in [0.5, 0.6) is 0 Å². The van der Waals surface area contributed by atoms with E-state index in [4.69, 9.17) is 5.11 Å². The number of nitrogens with one attached hydrogen (secondary N) is 1. The molecule has 0 atom stereocenters. The number of aromatic nitrogens is 1. The predicted octanol–water partition coefficient (Wildman–Crippen LogP) is 0.993. The van der Waals surface area contributed by atoms with Gasteiger partial charge in [-0.15, -0.1) is 0 Å². The minimum Gasteiger partial charge on any atom is -0.396 e. The number of amides is 1. The quantitative estimate of drug-likeness (QED) is 0.697. The Labute approximate surface area is 118 Å². The van der Waals surface area contributed by atoms with Crippen molar-refractivity contribution >= 4 is 23.5 Å². The maximum atomic E-state index is 11.9. The largest absolute Gasteiger partial charge is 0.396 e. The number of hydrogen-bond acceptors (Lipinski definition) is 5. The monoisotopic (exact) mass is 283 g/mol. The summed E-state index contributed by atoms with van der Waals surface area (Å²) in [7, 11) is 3.78. The maximum absolute atomic E-state index is 11.9. The van der Waals surface area contributed by atoms with Crippen LogP contribution in [0, 0.1) is 0 Å². The van der Waals surface area contributed by atoms with Crippen molar-refractivity contribution in [2.75, 3.05) is 43.7 Å². The third-order valence-electron chi connectivity index (χ3n) is 2.44. The summed E-state index contributed by atoms with van der Waals surface area (Å²) in [5, 5.41) is 11.5. The number of hydrogen-bond donors (Lipinski definition) is 2. The number of aliphatic hydroxyl groups excluding tert-OH is 1. The molecule has 0 aromatic carbocycles. The standard InChI is InChI=1S/C13H21N3O2S/c1-16(2)12-10-11(4-5-14-12)13(18)15-6-9-19-8-3-7-17/h4-5,10,17H,3,6-9H2,1-2H3,(H,15,18). The Morgan fingerprint density at radius 1 is 1.47 bits per heavy atom. The average molecular weight is 283 g/mol. The van der Waals surface area contributed by atoms with Crippen LogP contribution in [0.4, 0.5) is 5.82 Å². The molecule has 0 bridgehead atoms. The van der Waals surface area contributed by atoms with Gasteiger partial charge in [0.15, 0.2) is 0 Å². The lowest BCUT2D eigenvalue weighted by Gasteiger charge is -2.12. The van der Waals surface area contributed by atoms with E-state index in [1.165, 1.54) is 0 Å². The molecule has 0 saturated carbocycles. The molecule has 2 N–H and O–H groups in total. The van der Waals surface area contributed by atoms with E-state index in [1.807, 2.05) is 19.0 Å². The predicted molar refractivity (Wildman–Crippen MR) is 79.9 cm³/mol. The van der Waals surface area contributed by atoms with Gasteiger partial charge in [-0.25, -0.2) is 4.98 Å². The fraction of sp³-hybridized carbons (Fsp3) is 0.538. The van der Waals surface area contributed by atoms with Gasteiger partial charge < -0.3 is 15.3 Å². The zero-order valence-electron chi connectivity index (χ0n) is 11.4. The fourth-order valence-electron chi connectivity index (χ4n) is 1.41. The highest BCUT2D eigenvalue weighted by atomic mass is 32.2. The van der Waals surface area contributed by atoms with Crippen LogP contribution in [-0.2, 0) is 0 Å². The van der Waals surface area contributed by atoms with Gasteiger partial charge in [-0.1, -0.05) is 0 Å². The van der Waals surface area contributed by atoms with Crippen LogP contribution in [-0.4, -0.2) is 54.8 Å². The van der Waals surface area contributed by atoms with Crippen molar-refractivity contribution in [2.45, 2.75) is 6.42 Å². The van der Waals surface area contributed by atoms with Crippen molar-refractivity contribution in [3.8, 4) is 0 Å². The second-order valence-corrected chi connectivity index (χ2v) is 5.47. The van der Waals surface area contributed by atoms with Crippen LogP contribution in [0.3, 0.4) is 0 Å². The number of thioether (sulfide) groups is 1. The van der Waals surface area contributed by atoms with E-state index >= 15 is 0 Å². The van der Waals surface area contributed by atoms with Gasteiger partial charge in [-0.3, -0.25) is 4.79 Å². The molecule has 0 radical (unpaired) electrons. The number of carbonyl (C=O) groups excluding carboxylic acids is 1. The van der Waals surface area contributed by atoms with Gasteiger partial charge in [0.25, 0.3) is 5.91 Å². The van der Waals surface area contributed by atoms with E-state index < -0.39 is 0 Å². The van der Waals surface area contributed by atoms with Crippen LogP contribution in [0.1, 0.15) is 16.8 Å².